The minimum absolute atomic E-state index is 0.0487. The van der Waals surface area contributed by atoms with Gasteiger partial charge in [0.05, 0.1) is 18.5 Å². The third kappa shape index (κ3) is 4.01. The number of rotatable bonds is 6. The molecule has 2 heterocycles. The van der Waals surface area contributed by atoms with Crippen molar-refractivity contribution in [3.63, 3.8) is 0 Å². The molecule has 7 nitrogen and oxygen atoms in total. The number of hydrogen-bond acceptors (Lipinski definition) is 5. The lowest BCUT2D eigenvalue weighted by atomic mass is 10.1. The highest BCUT2D eigenvalue weighted by Gasteiger charge is 2.36. The molecule has 28 heavy (non-hydrogen) atoms. The Balaban J connectivity index is 1.89. The molecule has 0 unspecified atom stereocenters. The molecule has 1 aromatic carbocycles. The Bertz CT molecular complexity index is 933. The normalized spacial score (nSPS) is 15.9. The molecule has 0 spiro atoms. The summed E-state index contributed by atoms with van der Waals surface area (Å²) in [7, 11) is 0. The Morgan fingerprint density at radius 3 is 2.54 bits per heavy atom. The van der Waals surface area contributed by atoms with E-state index in [1.807, 2.05) is 18.2 Å². The number of anilines is 1. The summed E-state index contributed by atoms with van der Waals surface area (Å²) < 4.78 is 6.06. The van der Waals surface area contributed by atoms with Crippen LogP contribution in [-0.2, 0) is 16.1 Å². The summed E-state index contributed by atoms with van der Waals surface area (Å²) in [6.07, 6.45) is 2.94. The number of carbonyl (C=O) groups excluding carboxylic acids is 3. The van der Waals surface area contributed by atoms with Crippen molar-refractivity contribution in [2.75, 3.05) is 18.0 Å². The molecule has 2 aromatic rings. The van der Waals surface area contributed by atoms with E-state index >= 15 is 0 Å². The fraction of sp³-hybridized carbons (Fsp3) is 0.250. The third-order valence-electron chi connectivity index (χ3n) is 4.47. The molecular weight excluding hydrogens is 426 g/mol. The molecule has 1 fully saturated rings. The number of barbiturate groups is 1. The van der Waals surface area contributed by atoms with Gasteiger partial charge in [0.25, 0.3) is 11.8 Å². The molecule has 1 aliphatic heterocycles. The smallest absolute Gasteiger partial charge is 0.331 e. The van der Waals surface area contributed by atoms with Crippen LogP contribution in [-0.4, -0.2) is 35.8 Å². The van der Waals surface area contributed by atoms with Gasteiger partial charge in [-0.2, -0.15) is 0 Å². The van der Waals surface area contributed by atoms with Gasteiger partial charge in [-0.15, -0.1) is 0 Å². The van der Waals surface area contributed by atoms with Gasteiger partial charge in [0.1, 0.15) is 11.3 Å². The first-order valence-electron chi connectivity index (χ1n) is 8.90. The van der Waals surface area contributed by atoms with Crippen molar-refractivity contribution >= 4 is 45.5 Å². The quantitative estimate of drug-likeness (QED) is 0.542. The highest BCUT2D eigenvalue weighted by atomic mass is 79.9. The molecule has 4 amide bonds. The maximum atomic E-state index is 12.7. The number of benzene rings is 1. The number of amides is 4. The van der Waals surface area contributed by atoms with Crippen LogP contribution in [0.3, 0.4) is 0 Å². The second-order valence-electron chi connectivity index (χ2n) is 6.17. The Hall–Kier alpha value is -2.87. The van der Waals surface area contributed by atoms with Gasteiger partial charge in [0.2, 0.25) is 0 Å². The Kier molecular flexibility index (Phi) is 5.99. The van der Waals surface area contributed by atoms with E-state index in [4.69, 9.17) is 4.42 Å². The Morgan fingerprint density at radius 2 is 1.93 bits per heavy atom. The molecule has 1 aliphatic rings. The molecule has 0 saturated carbocycles. The van der Waals surface area contributed by atoms with Crippen LogP contribution in [0.1, 0.15) is 25.2 Å². The zero-order valence-electron chi connectivity index (χ0n) is 15.6. The van der Waals surface area contributed by atoms with E-state index in [0.29, 0.717) is 11.3 Å². The number of halogens is 1. The van der Waals surface area contributed by atoms with E-state index in [-0.39, 0.29) is 12.1 Å². The van der Waals surface area contributed by atoms with Crippen molar-refractivity contribution in [1.82, 2.24) is 10.2 Å². The van der Waals surface area contributed by atoms with Crippen LogP contribution in [0, 0.1) is 0 Å². The first-order valence-corrected chi connectivity index (χ1v) is 9.69. The zero-order valence-corrected chi connectivity index (χ0v) is 17.2. The van der Waals surface area contributed by atoms with E-state index in [2.05, 4.69) is 40.0 Å². The Labute approximate surface area is 171 Å². The lowest BCUT2D eigenvalue weighted by Crippen LogP contribution is -2.53. The largest absolute Gasteiger partial charge is 0.467 e. The van der Waals surface area contributed by atoms with Crippen LogP contribution in [0.2, 0.25) is 0 Å². The summed E-state index contributed by atoms with van der Waals surface area (Å²) in [5.41, 5.74) is 1.60. The number of urea groups is 1. The molecule has 1 saturated heterocycles. The van der Waals surface area contributed by atoms with Crippen molar-refractivity contribution in [3.05, 3.63) is 58.0 Å². The van der Waals surface area contributed by atoms with Gasteiger partial charge in [0, 0.05) is 17.6 Å². The summed E-state index contributed by atoms with van der Waals surface area (Å²) >= 11 is 3.55. The highest BCUT2D eigenvalue weighted by Crippen LogP contribution is 2.28. The van der Waals surface area contributed by atoms with Crippen LogP contribution in [0.25, 0.3) is 6.08 Å². The minimum Gasteiger partial charge on any atom is -0.467 e. The highest BCUT2D eigenvalue weighted by molar-refractivity contribution is 9.10. The average Bonchev–Trinajstić information content (AvgIpc) is 3.18. The maximum Gasteiger partial charge on any atom is 0.331 e. The van der Waals surface area contributed by atoms with E-state index in [1.54, 1.807) is 12.1 Å². The van der Waals surface area contributed by atoms with Crippen LogP contribution in [0.5, 0.6) is 0 Å². The molecule has 8 heteroatoms. The molecule has 0 atom stereocenters. The number of furan rings is 1. The van der Waals surface area contributed by atoms with E-state index < -0.39 is 17.8 Å². The van der Waals surface area contributed by atoms with Gasteiger partial charge < -0.3 is 9.32 Å². The van der Waals surface area contributed by atoms with Gasteiger partial charge in [-0.25, -0.2) is 4.79 Å². The van der Waals surface area contributed by atoms with Crippen LogP contribution in [0.15, 0.2) is 51.1 Å². The van der Waals surface area contributed by atoms with Crippen LogP contribution in [0.4, 0.5) is 10.5 Å². The monoisotopic (exact) mass is 445 g/mol. The predicted octanol–water partition coefficient (Wildman–Crippen LogP) is 3.55. The van der Waals surface area contributed by atoms with Crippen molar-refractivity contribution < 1.29 is 18.8 Å². The summed E-state index contributed by atoms with van der Waals surface area (Å²) in [6, 6.07) is 8.16. The van der Waals surface area contributed by atoms with Gasteiger partial charge >= 0.3 is 6.03 Å². The first kappa shape index (κ1) is 19.9. The fourth-order valence-electron chi connectivity index (χ4n) is 3.00. The van der Waals surface area contributed by atoms with Crippen molar-refractivity contribution in [1.29, 1.82) is 0 Å². The summed E-state index contributed by atoms with van der Waals surface area (Å²) in [5, 5.41) is 2.20. The second-order valence-corrected chi connectivity index (χ2v) is 7.03. The molecule has 3 rings (SSSR count). The van der Waals surface area contributed by atoms with Gasteiger partial charge in [-0.3, -0.25) is 19.8 Å². The predicted molar refractivity (Wildman–Crippen MR) is 108 cm³/mol. The number of nitrogens with zero attached hydrogens (tertiary/aromatic N) is 2. The van der Waals surface area contributed by atoms with Gasteiger partial charge in [-0.05, 0) is 65.7 Å². The minimum atomic E-state index is -0.762. The second kappa shape index (κ2) is 8.43. The maximum absolute atomic E-state index is 12.7. The van der Waals surface area contributed by atoms with Crippen LogP contribution < -0.4 is 10.2 Å². The summed E-state index contributed by atoms with van der Waals surface area (Å²) in [6.45, 7) is 5.82. The van der Waals surface area contributed by atoms with E-state index in [1.165, 1.54) is 12.3 Å². The van der Waals surface area contributed by atoms with Gasteiger partial charge in [0.15, 0.2) is 0 Å². The molecule has 1 aromatic heterocycles. The molecule has 146 valence electrons. The van der Waals surface area contributed by atoms with Crippen LogP contribution >= 0.6 is 15.9 Å². The molecule has 1 N–H and O–H groups in total. The number of hydrogen-bond donors (Lipinski definition) is 1. The topological polar surface area (TPSA) is 82.9 Å². The van der Waals surface area contributed by atoms with Gasteiger partial charge in [-0.1, -0.05) is 6.07 Å². The van der Waals surface area contributed by atoms with Crippen molar-refractivity contribution in [3.8, 4) is 0 Å². The number of nitrogens with one attached hydrogen (secondary N) is 1. The average molecular weight is 446 g/mol. The zero-order chi connectivity index (χ0) is 20.3. The molecular formula is C20H20BrN3O4. The number of imide groups is 2. The molecule has 0 radical (unpaired) electrons. The number of carbonyl (C=O) groups is 3. The van der Waals surface area contributed by atoms with E-state index in [0.717, 1.165) is 28.1 Å². The standard InChI is InChI=1S/C20H20BrN3O4/c1-3-23(4-2)17-8-7-13(11-16(17)21)10-15-18(25)22-20(27)24(19(15)26)12-14-6-5-9-28-14/h5-11H,3-4,12H2,1-2H3,(H,22,25,27)/b15-10+. The summed E-state index contributed by atoms with van der Waals surface area (Å²) in [4.78, 5) is 40.2. The van der Waals surface area contributed by atoms with Crippen molar-refractivity contribution in [2.24, 2.45) is 0 Å². The molecule has 0 bridgehead atoms. The lowest BCUT2D eigenvalue weighted by Gasteiger charge is -2.25. The lowest BCUT2D eigenvalue weighted by molar-refractivity contribution is -0.130. The Morgan fingerprint density at radius 1 is 1.18 bits per heavy atom. The fourth-order valence-corrected chi connectivity index (χ4v) is 3.64. The van der Waals surface area contributed by atoms with E-state index in [9.17, 15) is 14.4 Å². The SMILES string of the molecule is CCN(CC)c1ccc(/C=C2\C(=O)NC(=O)N(Cc3ccco3)C2=O)cc1Br. The first-order chi connectivity index (χ1) is 13.4. The van der Waals surface area contributed by atoms with Crippen molar-refractivity contribution in [2.45, 2.75) is 20.4 Å². The third-order valence-corrected chi connectivity index (χ3v) is 5.10. The molecule has 0 aliphatic carbocycles. The summed E-state index contributed by atoms with van der Waals surface area (Å²) in [5.74, 6) is -0.924.